The molecule has 0 aliphatic heterocycles. The summed E-state index contributed by atoms with van der Waals surface area (Å²) in [7, 11) is 0. The molecule has 2 rings (SSSR count). The Morgan fingerprint density at radius 1 is 1.06 bits per heavy atom. The Kier molecular flexibility index (Phi) is 5.17. The molecule has 2 N–H and O–H groups in total. The molecule has 1 heterocycles. The van der Waals surface area contributed by atoms with Gasteiger partial charge >= 0.3 is 0 Å². The highest BCUT2D eigenvalue weighted by Gasteiger charge is 2.28. The monoisotopic (exact) mass is 250 g/mol. The Labute approximate surface area is 110 Å². The first kappa shape index (κ1) is 13.5. The maximum Gasteiger partial charge on any atom is 0.147 e. The van der Waals surface area contributed by atoms with Crippen molar-refractivity contribution in [2.24, 2.45) is 5.73 Å². The Bertz CT molecular complexity index is 355. The smallest absolute Gasteiger partial charge is 0.147 e. The Morgan fingerprint density at radius 3 is 2.39 bits per heavy atom. The van der Waals surface area contributed by atoms with Crippen LogP contribution in [0.2, 0.25) is 0 Å². The highest BCUT2D eigenvalue weighted by Crippen LogP contribution is 2.36. The van der Waals surface area contributed by atoms with Crippen molar-refractivity contribution in [3.05, 3.63) is 11.6 Å². The number of aromatic nitrogens is 3. The molecule has 0 aromatic carbocycles. The van der Waals surface area contributed by atoms with Gasteiger partial charge in [-0.1, -0.05) is 39.0 Å². The summed E-state index contributed by atoms with van der Waals surface area (Å²) in [5.74, 6) is 2.13. The number of hydrogen-bond donors (Lipinski definition) is 1. The normalized spacial score (nSPS) is 15.2. The van der Waals surface area contributed by atoms with Crippen LogP contribution >= 0.6 is 0 Å². The highest BCUT2D eigenvalue weighted by atomic mass is 15.3. The number of hydrogen-bond acceptors (Lipinski definition) is 3. The number of rotatable bonds is 9. The molecule has 0 unspecified atom stereocenters. The summed E-state index contributed by atoms with van der Waals surface area (Å²) in [5, 5.41) is 8.53. The van der Waals surface area contributed by atoms with E-state index < -0.39 is 0 Å². The molecule has 4 nitrogen and oxygen atoms in total. The molecule has 0 spiro atoms. The van der Waals surface area contributed by atoms with Crippen LogP contribution < -0.4 is 5.73 Å². The summed E-state index contributed by atoms with van der Waals surface area (Å²) < 4.78 is 2.30. The maximum atomic E-state index is 5.72. The largest absolute Gasteiger partial charge is 0.324 e. The van der Waals surface area contributed by atoms with Crippen LogP contribution in [0, 0.1) is 0 Å². The molecule has 0 saturated heterocycles. The number of nitrogens with two attached hydrogens (primary N) is 1. The second-order valence-corrected chi connectivity index (χ2v) is 5.36. The lowest BCUT2D eigenvalue weighted by Crippen LogP contribution is -2.09. The van der Waals surface area contributed by atoms with Crippen molar-refractivity contribution in [2.75, 3.05) is 0 Å². The van der Waals surface area contributed by atoms with E-state index in [2.05, 4.69) is 21.7 Å². The maximum absolute atomic E-state index is 5.72. The van der Waals surface area contributed by atoms with Crippen LogP contribution in [-0.2, 0) is 13.0 Å². The second kappa shape index (κ2) is 6.88. The van der Waals surface area contributed by atoms with Crippen LogP contribution in [-0.4, -0.2) is 14.8 Å². The van der Waals surface area contributed by atoms with Crippen LogP contribution in [0.1, 0.15) is 76.0 Å². The number of nitrogens with zero attached hydrogens (tertiary/aromatic N) is 3. The van der Waals surface area contributed by atoms with Crippen LogP contribution in [0.25, 0.3) is 0 Å². The zero-order valence-electron chi connectivity index (χ0n) is 11.6. The quantitative estimate of drug-likeness (QED) is 0.685. The van der Waals surface area contributed by atoms with Gasteiger partial charge in [-0.3, -0.25) is 0 Å². The predicted molar refractivity (Wildman–Crippen MR) is 73.3 cm³/mol. The minimum atomic E-state index is 0.514. The number of aryl methyl sites for hydroxylation is 1. The van der Waals surface area contributed by atoms with Crippen LogP contribution in [0.4, 0.5) is 0 Å². The molecule has 1 aromatic rings. The van der Waals surface area contributed by atoms with Crippen molar-refractivity contribution in [1.82, 2.24) is 14.8 Å². The highest BCUT2D eigenvalue weighted by molar-refractivity contribution is 5.02. The first-order chi connectivity index (χ1) is 8.86. The first-order valence-corrected chi connectivity index (χ1v) is 7.49. The van der Waals surface area contributed by atoms with Crippen LogP contribution in [0.3, 0.4) is 0 Å². The van der Waals surface area contributed by atoms with E-state index in [9.17, 15) is 0 Å². The summed E-state index contributed by atoms with van der Waals surface area (Å²) in [6, 6.07) is 0.647. The summed E-state index contributed by atoms with van der Waals surface area (Å²) in [4.78, 5) is 0. The lowest BCUT2D eigenvalue weighted by atomic mass is 10.1. The topological polar surface area (TPSA) is 56.7 Å². The lowest BCUT2D eigenvalue weighted by Gasteiger charge is -2.07. The zero-order valence-corrected chi connectivity index (χ0v) is 11.6. The molecular weight excluding hydrogens is 224 g/mol. The van der Waals surface area contributed by atoms with Crippen molar-refractivity contribution >= 4 is 0 Å². The summed E-state index contributed by atoms with van der Waals surface area (Å²) in [6.07, 6.45) is 11.6. The fourth-order valence-corrected chi connectivity index (χ4v) is 2.49. The third-order valence-electron chi connectivity index (χ3n) is 3.69. The Hall–Kier alpha value is -0.900. The molecule has 0 atom stereocenters. The molecule has 4 heteroatoms. The Balaban J connectivity index is 1.76. The third kappa shape index (κ3) is 3.55. The summed E-state index contributed by atoms with van der Waals surface area (Å²) >= 11 is 0. The van der Waals surface area contributed by atoms with Gasteiger partial charge in [-0.2, -0.15) is 0 Å². The van der Waals surface area contributed by atoms with Crippen molar-refractivity contribution in [3.63, 3.8) is 0 Å². The number of unbranched alkanes of at least 4 members (excludes halogenated alkanes) is 5. The fraction of sp³-hybridized carbons (Fsp3) is 0.857. The Morgan fingerprint density at radius 2 is 1.72 bits per heavy atom. The summed E-state index contributed by atoms with van der Waals surface area (Å²) in [5.41, 5.74) is 5.72. The molecule has 1 aliphatic rings. The van der Waals surface area contributed by atoms with Crippen molar-refractivity contribution in [2.45, 2.75) is 77.3 Å². The zero-order chi connectivity index (χ0) is 12.8. The van der Waals surface area contributed by atoms with E-state index in [0.29, 0.717) is 12.6 Å². The molecule has 1 aliphatic carbocycles. The minimum absolute atomic E-state index is 0.514. The lowest BCUT2D eigenvalue weighted by molar-refractivity contribution is 0.579. The van der Waals surface area contributed by atoms with E-state index in [1.165, 1.54) is 51.4 Å². The van der Waals surface area contributed by atoms with Gasteiger partial charge in [-0.25, -0.2) is 0 Å². The predicted octanol–water partition coefficient (Wildman–Crippen LogP) is 2.97. The van der Waals surface area contributed by atoms with E-state index in [1.54, 1.807) is 0 Å². The fourth-order valence-electron chi connectivity index (χ4n) is 2.49. The molecule has 1 saturated carbocycles. The SMILES string of the molecule is CCCCCCCCc1nnc(CN)n1C1CC1. The molecule has 0 bridgehead atoms. The van der Waals surface area contributed by atoms with Gasteiger partial charge in [-0.15, -0.1) is 10.2 Å². The van der Waals surface area contributed by atoms with Gasteiger partial charge in [0, 0.05) is 12.5 Å². The average molecular weight is 250 g/mol. The molecule has 18 heavy (non-hydrogen) atoms. The van der Waals surface area contributed by atoms with E-state index >= 15 is 0 Å². The van der Waals surface area contributed by atoms with Gasteiger partial charge < -0.3 is 10.3 Å². The molecule has 0 amide bonds. The van der Waals surface area contributed by atoms with Gasteiger partial charge in [0.1, 0.15) is 11.6 Å². The molecule has 0 radical (unpaired) electrons. The molecule has 1 aromatic heterocycles. The van der Waals surface area contributed by atoms with E-state index in [1.807, 2.05) is 0 Å². The van der Waals surface area contributed by atoms with Crippen LogP contribution in [0.5, 0.6) is 0 Å². The second-order valence-electron chi connectivity index (χ2n) is 5.36. The minimum Gasteiger partial charge on any atom is -0.324 e. The van der Waals surface area contributed by atoms with Gasteiger partial charge in [0.2, 0.25) is 0 Å². The van der Waals surface area contributed by atoms with Crippen LogP contribution in [0.15, 0.2) is 0 Å². The third-order valence-corrected chi connectivity index (χ3v) is 3.69. The standard InChI is InChI=1S/C14H26N4/c1-2-3-4-5-6-7-8-13-16-17-14(11-15)18(13)12-9-10-12/h12H,2-11,15H2,1H3. The van der Waals surface area contributed by atoms with Crippen molar-refractivity contribution in [1.29, 1.82) is 0 Å². The van der Waals surface area contributed by atoms with E-state index in [0.717, 1.165) is 18.1 Å². The first-order valence-electron chi connectivity index (χ1n) is 7.49. The van der Waals surface area contributed by atoms with Crippen molar-refractivity contribution < 1.29 is 0 Å². The molecule has 1 fully saturated rings. The molecule has 102 valence electrons. The molecular formula is C14H26N4. The summed E-state index contributed by atoms with van der Waals surface area (Å²) in [6.45, 7) is 2.77. The van der Waals surface area contributed by atoms with Gasteiger partial charge in [0.25, 0.3) is 0 Å². The van der Waals surface area contributed by atoms with E-state index in [-0.39, 0.29) is 0 Å². The van der Waals surface area contributed by atoms with E-state index in [4.69, 9.17) is 5.73 Å². The van der Waals surface area contributed by atoms with Crippen molar-refractivity contribution in [3.8, 4) is 0 Å². The van der Waals surface area contributed by atoms with Gasteiger partial charge in [0.15, 0.2) is 0 Å². The van der Waals surface area contributed by atoms with Gasteiger partial charge in [0.05, 0.1) is 6.54 Å². The van der Waals surface area contributed by atoms with Gasteiger partial charge in [-0.05, 0) is 19.3 Å². The average Bonchev–Trinajstić information content (AvgIpc) is 3.14.